The lowest BCUT2D eigenvalue weighted by molar-refractivity contribution is -0.0978. The monoisotopic (exact) mass is 351 g/mol. The highest BCUT2D eigenvalue weighted by Crippen LogP contribution is 2.38. The van der Waals surface area contributed by atoms with Crippen LogP contribution >= 0.6 is 0 Å². The largest absolute Gasteiger partial charge is 0.496 e. The summed E-state index contributed by atoms with van der Waals surface area (Å²) in [6.07, 6.45) is 1.31. The van der Waals surface area contributed by atoms with Gasteiger partial charge in [-0.15, -0.1) is 0 Å². The van der Waals surface area contributed by atoms with E-state index in [4.69, 9.17) is 4.74 Å². The molecule has 0 N–H and O–H groups in total. The fraction of sp³-hybridized carbons (Fsp3) is 0.353. The number of carbonyl (C=O) groups excluding carboxylic acids is 1. The van der Waals surface area contributed by atoms with Crippen molar-refractivity contribution < 1.29 is 22.7 Å². The number of ketones is 1. The average Bonchev–Trinajstić information content (AvgIpc) is 2.98. The van der Waals surface area contributed by atoms with Gasteiger partial charge in [0.25, 0.3) is 0 Å². The van der Waals surface area contributed by atoms with E-state index in [9.17, 15) is 18.0 Å². The van der Waals surface area contributed by atoms with Gasteiger partial charge >= 0.3 is 6.18 Å². The van der Waals surface area contributed by atoms with E-state index in [1.54, 1.807) is 18.5 Å². The van der Waals surface area contributed by atoms with Crippen LogP contribution in [-0.2, 0) is 11.2 Å². The first-order valence-corrected chi connectivity index (χ1v) is 7.75. The molecule has 0 radical (unpaired) electrons. The lowest BCUT2D eigenvalue weighted by atomic mass is 9.87. The Kier molecular flexibility index (Phi) is 4.36. The molecule has 0 saturated carbocycles. The van der Waals surface area contributed by atoms with Crippen LogP contribution in [0.15, 0.2) is 41.9 Å². The Hall–Kier alpha value is -2.64. The molecule has 0 bridgehead atoms. The van der Waals surface area contributed by atoms with Crippen LogP contribution in [0.1, 0.15) is 29.5 Å². The van der Waals surface area contributed by atoms with Crippen LogP contribution in [0.2, 0.25) is 0 Å². The molecule has 2 heterocycles. The van der Waals surface area contributed by atoms with E-state index in [1.165, 1.54) is 23.7 Å². The molecule has 2 aromatic heterocycles. The predicted octanol–water partition coefficient (Wildman–Crippen LogP) is 3.51. The topological polar surface area (TPSA) is 56.5 Å². The zero-order valence-corrected chi connectivity index (χ0v) is 13.7. The summed E-state index contributed by atoms with van der Waals surface area (Å²) >= 11 is 0. The number of methoxy groups -OCH3 is 1. The van der Waals surface area contributed by atoms with E-state index in [2.05, 4.69) is 9.97 Å². The SMILES string of the molecule is CCc1nc2ncccn2c1C(=O)C1C=CC(OC)=C(C(F)(F)F)C1. The summed E-state index contributed by atoms with van der Waals surface area (Å²) < 4.78 is 46.1. The van der Waals surface area contributed by atoms with Crippen LogP contribution < -0.4 is 0 Å². The fourth-order valence-corrected chi connectivity index (χ4v) is 2.94. The van der Waals surface area contributed by atoms with Gasteiger partial charge in [-0.25, -0.2) is 9.97 Å². The smallest absolute Gasteiger partial charge is 0.416 e. The van der Waals surface area contributed by atoms with E-state index < -0.39 is 29.9 Å². The number of nitrogens with zero attached hydrogens (tertiary/aromatic N) is 3. The number of fused-ring (bicyclic) bond motifs is 1. The zero-order chi connectivity index (χ0) is 18.2. The van der Waals surface area contributed by atoms with Gasteiger partial charge in [-0.05, 0) is 25.0 Å². The van der Waals surface area contributed by atoms with Gasteiger partial charge in [0.05, 0.1) is 18.4 Å². The van der Waals surface area contributed by atoms with Gasteiger partial charge in [0.15, 0.2) is 5.78 Å². The predicted molar refractivity (Wildman–Crippen MR) is 84.0 cm³/mol. The summed E-state index contributed by atoms with van der Waals surface area (Å²) in [7, 11) is 1.18. The lowest BCUT2D eigenvalue weighted by Crippen LogP contribution is -2.25. The molecule has 5 nitrogen and oxygen atoms in total. The van der Waals surface area contributed by atoms with Gasteiger partial charge in [-0.3, -0.25) is 9.20 Å². The molecule has 2 aromatic rings. The number of alkyl halides is 3. The Morgan fingerprint density at radius 1 is 1.44 bits per heavy atom. The van der Waals surface area contributed by atoms with Crippen molar-refractivity contribution in [1.82, 2.24) is 14.4 Å². The van der Waals surface area contributed by atoms with Crippen LogP contribution in [0.5, 0.6) is 0 Å². The second-order valence-corrected chi connectivity index (χ2v) is 5.63. The quantitative estimate of drug-likeness (QED) is 0.791. The molecule has 0 fully saturated rings. The number of aromatic nitrogens is 3. The molecule has 0 saturated heterocycles. The molecule has 0 spiro atoms. The van der Waals surface area contributed by atoms with Gasteiger partial charge in [0, 0.05) is 18.3 Å². The summed E-state index contributed by atoms with van der Waals surface area (Å²) in [4.78, 5) is 21.3. The number of allylic oxidation sites excluding steroid dienone is 3. The first-order valence-electron chi connectivity index (χ1n) is 7.75. The number of imidazole rings is 1. The summed E-state index contributed by atoms with van der Waals surface area (Å²) in [5.74, 6) is -1.25. The van der Waals surface area contributed by atoms with Crippen molar-refractivity contribution in [3.05, 3.63) is 53.3 Å². The Morgan fingerprint density at radius 3 is 2.84 bits per heavy atom. The van der Waals surface area contributed by atoms with E-state index in [-0.39, 0.29) is 11.5 Å². The highest BCUT2D eigenvalue weighted by Gasteiger charge is 2.41. The van der Waals surface area contributed by atoms with Gasteiger partial charge in [-0.1, -0.05) is 13.0 Å². The molecule has 3 rings (SSSR count). The zero-order valence-electron chi connectivity index (χ0n) is 13.7. The lowest BCUT2D eigenvalue weighted by Gasteiger charge is -2.22. The molecule has 1 unspecified atom stereocenters. The van der Waals surface area contributed by atoms with Crippen LogP contribution in [0.4, 0.5) is 13.2 Å². The van der Waals surface area contributed by atoms with E-state index in [1.807, 2.05) is 6.92 Å². The van der Waals surface area contributed by atoms with Crippen molar-refractivity contribution in [3.63, 3.8) is 0 Å². The molecular weight excluding hydrogens is 335 g/mol. The number of ether oxygens (including phenoxy) is 1. The number of Topliss-reactive ketones (excluding diaryl/α,β-unsaturated/α-hetero) is 1. The summed E-state index contributed by atoms with van der Waals surface area (Å²) in [5.41, 5.74) is -0.0318. The van der Waals surface area contributed by atoms with Crippen LogP contribution in [0, 0.1) is 5.92 Å². The average molecular weight is 351 g/mol. The highest BCUT2D eigenvalue weighted by atomic mass is 19.4. The van der Waals surface area contributed by atoms with Crippen molar-refractivity contribution in [1.29, 1.82) is 0 Å². The minimum absolute atomic E-state index is 0.257. The van der Waals surface area contributed by atoms with Crippen molar-refractivity contribution >= 4 is 11.6 Å². The third kappa shape index (κ3) is 3.04. The number of aryl methyl sites for hydroxylation is 1. The fourth-order valence-electron chi connectivity index (χ4n) is 2.94. The van der Waals surface area contributed by atoms with Crippen LogP contribution in [-0.4, -0.2) is 33.4 Å². The van der Waals surface area contributed by atoms with E-state index in [0.717, 1.165) is 0 Å². The Balaban J connectivity index is 2.01. The molecule has 0 aliphatic heterocycles. The normalized spacial score (nSPS) is 18.0. The van der Waals surface area contributed by atoms with E-state index >= 15 is 0 Å². The molecule has 0 aromatic carbocycles. The number of carbonyl (C=O) groups is 1. The standard InChI is InChI=1S/C17H16F3N3O2/c1-3-12-14(23-8-4-7-21-16(23)22-12)15(24)10-5-6-13(25-2)11(9-10)17(18,19)20/h4-8,10H,3,9H2,1-2H3. The van der Waals surface area contributed by atoms with Crippen LogP contribution in [0.25, 0.3) is 5.78 Å². The van der Waals surface area contributed by atoms with Crippen molar-refractivity contribution in [3.8, 4) is 0 Å². The molecule has 1 aliphatic carbocycles. The Labute approximate surface area is 141 Å². The maximum atomic E-state index is 13.2. The Bertz CT molecular complexity index is 881. The minimum atomic E-state index is -4.55. The second kappa shape index (κ2) is 6.34. The van der Waals surface area contributed by atoms with Crippen LogP contribution in [0.3, 0.4) is 0 Å². The third-order valence-corrected chi connectivity index (χ3v) is 4.14. The first kappa shape index (κ1) is 17.2. The molecule has 1 aliphatic rings. The van der Waals surface area contributed by atoms with E-state index in [0.29, 0.717) is 17.9 Å². The molecule has 25 heavy (non-hydrogen) atoms. The van der Waals surface area contributed by atoms with Gasteiger partial charge in [0.2, 0.25) is 5.78 Å². The second-order valence-electron chi connectivity index (χ2n) is 5.63. The maximum Gasteiger partial charge on any atom is 0.416 e. The highest BCUT2D eigenvalue weighted by molar-refractivity contribution is 5.99. The van der Waals surface area contributed by atoms with Gasteiger partial charge in [0.1, 0.15) is 11.5 Å². The number of hydrogen-bond donors (Lipinski definition) is 0. The van der Waals surface area contributed by atoms with Crippen molar-refractivity contribution in [2.75, 3.05) is 7.11 Å². The van der Waals surface area contributed by atoms with Gasteiger partial charge in [-0.2, -0.15) is 13.2 Å². The molecule has 132 valence electrons. The number of hydrogen-bond acceptors (Lipinski definition) is 4. The van der Waals surface area contributed by atoms with Crippen molar-refractivity contribution in [2.24, 2.45) is 5.92 Å². The summed E-state index contributed by atoms with van der Waals surface area (Å²) in [6, 6.07) is 1.64. The molecule has 1 atom stereocenters. The summed E-state index contributed by atoms with van der Waals surface area (Å²) in [6.45, 7) is 1.83. The summed E-state index contributed by atoms with van der Waals surface area (Å²) in [5, 5.41) is 0. The van der Waals surface area contributed by atoms with Gasteiger partial charge < -0.3 is 4.74 Å². The number of halogens is 3. The molecule has 8 heteroatoms. The van der Waals surface area contributed by atoms with Crippen molar-refractivity contribution in [2.45, 2.75) is 25.9 Å². The minimum Gasteiger partial charge on any atom is -0.496 e. The molecule has 0 amide bonds. The maximum absolute atomic E-state index is 13.2. The third-order valence-electron chi connectivity index (χ3n) is 4.14. The number of rotatable bonds is 4. The Morgan fingerprint density at radius 2 is 2.20 bits per heavy atom. The first-order chi connectivity index (χ1) is 11.9. The molecular formula is C17H16F3N3O2.